The molecule has 0 unspecified atom stereocenters. The number of hydrogen-bond donors (Lipinski definition) is 2. The van der Waals surface area contributed by atoms with Gasteiger partial charge in [-0.2, -0.15) is 0 Å². The molecular formula is C19H26N2O2. The van der Waals surface area contributed by atoms with Gasteiger partial charge in [-0.1, -0.05) is 24.3 Å². The van der Waals surface area contributed by atoms with Crippen LogP contribution in [0.2, 0.25) is 0 Å². The van der Waals surface area contributed by atoms with Gasteiger partial charge in [0.05, 0.1) is 0 Å². The molecule has 1 saturated heterocycles. The summed E-state index contributed by atoms with van der Waals surface area (Å²) in [6.45, 7) is 2.60. The first-order chi connectivity index (χ1) is 11.2. The summed E-state index contributed by atoms with van der Waals surface area (Å²) in [4.78, 5) is 14.2. The Bertz CT molecular complexity index is 595. The number of hydrogen-bond acceptors (Lipinski definition) is 2. The third kappa shape index (κ3) is 2.63. The lowest BCUT2D eigenvalue weighted by Gasteiger charge is -2.31. The minimum atomic E-state index is 0.0784. The maximum atomic E-state index is 12.3. The number of carbonyl (C=O) groups is 1. The van der Waals surface area contributed by atoms with Gasteiger partial charge < -0.3 is 15.3 Å². The zero-order valence-electron chi connectivity index (χ0n) is 13.6. The zero-order valence-corrected chi connectivity index (χ0v) is 13.6. The van der Waals surface area contributed by atoms with Crippen molar-refractivity contribution >= 4 is 6.03 Å². The van der Waals surface area contributed by atoms with Crippen LogP contribution in [0.25, 0.3) is 0 Å². The number of fused-ring (bicyclic) bond motifs is 2. The smallest absolute Gasteiger partial charge is 0.317 e. The standard InChI is InChI=1S/C19H26N2O2/c22-13-14-6-9-21(10-7-14)18(23)20-12-16-11-19(16)8-5-15-3-1-2-4-17(15)19/h1-4,14,16,22H,5-13H2,(H,20,23)/t16-,19+/m0/s1. The highest BCUT2D eigenvalue weighted by atomic mass is 16.3. The number of nitrogens with zero attached hydrogens (tertiary/aromatic N) is 1. The van der Waals surface area contributed by atoms with Gasteiger partial charge in [0, 0.05) is 31.7 Å². The molecule has 23 heavy (non-hydrogen) atoms. The number of urea groups is 1. The van der Waals surface area contributed by atoms with E-state index in [1.54, 1.807) is 0 Å². The lowest BCUT2D eigenvalue weighted by Crippen LogP contribution is -2.45. The molecule has 2 N–H and O–H groups in total. The van der Waals surface area contributed by atoms with Crippen molar-refractivity contribution in [2.24, 2.45) is 11.8 Å². The monoisotopic (exact) mass is 314 g/mol. The molecule has 4 heteroatoms. The highest BCUT2D eigenvalue weighted by Crippen LogP contribution is 2.61. The number of amides is 2. The first kappa shape index (κ1) is 15.0. The summed E-state index contributed by atoms with van der Waals surface area (Å²) in [5.41, 5.74) is 3.39. The number of aliphatic hydroxyl groups excluding tert-OH is 1. The normalized spacial score (nSPS) is 29.6. The molecule has 1 saturated carbocycles. The maximum Gasteiger partial charge on any atom is 0.317 e. The maximum absolute atomic E-state index is 12.3. The van der Waals surface area contributed by atoms with E-state index in [0.717, 1.165) is 32.5 Å². The molecule has 2 amide bonds. The van der Waals surface area contributed by atoms with Crippen LogP contribution in [0.1, 0.15) is 36.8 Å². The van der Waals surface area contributed by atoms with Crippen molar-refractivity contribution in [2.75, 3.05) is 26.2 Å². The molecule has 0 aromatic heterocycles. The second kappa shape index (κ2) is 5.82. The first-order valence-corrected chi connectivity index (χ1v) is 8.95. The summed E-state index contributed by atoms with van der Waals surface area (Å²) in [5.74, 6) is 0.978. The van der Waals surface area contributed by atoms with E-state index in [1.165, 1.54) is 30.4 Å². The number of likely N-dealkylation sites (tertiary alicyclic amines) is 1. The van der Waals surface area contributed by atoms with Crippen molar-refractivity contribution < 1.29 is 9.90 Å². The highest BCUT2D eigenvalue weighted by Gasteiger charge is 2.57. The lowest BCUT2D eigenvalue weighted by atomic mass is 9.95. The van der Waals surface area contributed by atoms with Gasteiger partial charge in [0.15, 0.2) is 0 Å². The Morgan fingerprint density at radius 2 is 2.09 bits per heavy atom. The number of aryl methyl sites for hydroxylation is 1. The minimum Gasteiger partial charge on any atom is -0.396 e. The average Bonchev–Trinajstić information content (AvgIpc) is 3.19. The first-order valence-electron chi connectivity index (χ1n) is 8.95. The van der Waals surface area contributed by atoms with Crippen LogP contribution in [-0.4, -0.2) is 42.3 Å². The van der Waals surface area contributed by atoms with Gasteiger partial charge in [-0.15, -0.1) is 0 Å². The number of benzene rings is 1. The van der Waals surface area contributed by atoms with Crippen LogP contribution in [0.15, 0.2) is 24.3 Å². The van der Waals surface area contributed by atoms with E-state index in [-0.39, 0.29) is 12.6 Å². The van der Waals surface area contributed by atoms with Gasteiger partial charge in [-0.3, -0.25) is 0 Å². The fraction of sp³-hybridized carbons (Fsp3) is 0.632. The summed E-state index contributed by atoms with van der Waals surface area (Å²) in [6, 6.07) is 8.89. The van der Waals surface area contributed by atoms with Crippen LogP contribution in [-0.2, 0) is 11.8 Å². The van der Waals surface area contributed by atoms with Crippen LogP contribution >= 0.6 is 0 Å². The fourth-order valence-corrected chi connectivity index (χ4v) is 4.64. The predicted molar refractivity (Wildman–Crippen MR) is 89.3 cm³/mol. The Labute approximate surface area is 137 Å². The van der Waals surface area contributed by atoms with E-state index >= 15 is 0 Å². The molecule has 2 fully saturated rings. The van der Waals surface area contributed by atoms with Crippen LogP contribution < -0.4 is 5.32 Å². The third-order valence-electron chi connectivity index (χ3n) is 6.29. The van der Waals surface area contributed by atoms with Gasteiger partial charge >= 0.3 is 6.03 Å². The van der Waals surface area contributed by atoms with E-state index in [1.807, 2.05) is 4.90 Å². The zero-order chi connectivity index (χ0) is 15.9. The van der Waals surface area contributed by atoms with Crippen molar-refractivity contribution in [2.45, 2.75) is 37.5 Å². The van der Waals surface area contributed by atoms with Gasteiger partial charge in [-0.25, -0.2) is 4.79 Å². The number of aliphatic hydroxyl groups is 1. The summed E-state index contributed by atoms with van der Waals surface area (Å²) < 4.78 is 0. The van der Waals surface area contributed by atoms with Crippen molar-refractivity contribution in [3.8, 4) is 0 Å². The number of carbonyl (C=O) groups excluding carboxylic acids is 1. The third-order valence-corrected chi connectivity index (χ3v) is 6.29. The molecule has 2 aliphatic carbocycles. The second-order valence-corrected chi connectivity index (χ2v) is 7.51. The topological polar surface area (TPSA) is 52.6 Å². The van der Waals surface area contributed by atoms with Gasteiger partial charge in [-0.05, 0) is 55.1 Å². The summed E-state index contributed by atoms with van der Waals surface area (Å²) >= 11 is 0. The van der Waals surface area contributed by atoms with E-state index in [0.29, 0.717) is 17.3 Å². The SMILES string of the molecule is O=C(NC[C@@H]1C[C@]12CCc1ccccc12)N1CCC(CO)CC1. The molecule has 1 aromatic carbocycles. The van der Waals surface area contributed by atoms with E-state index in [4.69, 9.17) is 0 Å². The largest absolute Gasteiger partial charge is 0.396 e. The molecule has 0 radical (unpaired) electrons. The molecule has 1 aliphatic heterocycles. The molecule has 1 aromatic rings. The molecule has 1 heterocycles. The Morgan fingerprint density at radius 3 is 2.87 bits per heavy atom. The molecular weight excluding hydrogens is 288 g/mol. The Morgan fingerprint density at radius 1 is 1.30 bits per heavy atom. The Hall–Kier alpha value is -1.55. The summed E-state index contributed by atoms with van der Waals surface area (Å²) in [7, 11) is 0. The minimum absolute atomic E-state index is 0.0784. The molecule has 4 rings (SSSR count). The van der Waals surface area contributed by atoms with Crippen LogP contribution in [0, 0.1) is 11.8 Å². The van der Waals surface area contributed by atoms with Crippen molar-refractivity contribution in [1.82, 2.24) is 10.2 Å². The number of rotatable bonds is 3. The summed E-state index contributed by atoms with van der Waals surface area (Å²) in [6.07, 6.45) is 5.50. The molecule has 2 atom stereocenters. The van der Waals surface area contributed by atoms with E-state index in [9.17, 15) is 9.90 Å². The molecule has 4 nitrogen and oxygen atoms in total. The number of nitrogens with one attached hydrogen (secondary N) is 1. The Kier molecular flexibility index (Phi) is 3.80. The van der Waals surface area contributed by atoms with Gasteiger partial charge in [0.2, 0.25) is 0 Å². The number of piperidine rings is 1. The van der Waals surface area contributed by atoms with Crippen LogP contribution in [0.5, 0.6) is 0 Å². The highest BCUT2D eigenvalue weighted by molar-refractivity contribution is 5.74. The summed E-state index contributed by atoms with van der Waals surface area (Å²) in [5, 5.41) is 12.3. The van der Waals surface area contributed by atoms with Crippen LogP contribution in [0.3, 0.4) is 0 Å². The quantitative estimate of drug-likeness (QED) is 0.899. The average molecular weight is 314 g/mol. The van der Waals surface area contributed by atoms with Crippen LogP contribution in [0.4, 0.5) is 4.79 Å². The lowest BCUT2D eigenvalue weighted by molar-refractivity contribution is 0.137. The van der Waals surface area contributed by atoms with Gasteiger partial charge in [0.25, 0.3) is 0 Å². The second-order valence-electron chi connectivity index (χ2n) is 7.51. The van der Waals surface area contributed by atoms with Gasteiger partial charge in [0.1, 0.15) is 0 Å². The van der Waals surface area contributed by atoms with Crippen molar-refractivity contribution in [3.63, 3.8) is 0 Å². The van der Waals surface area contributed by atoms with E-state index < -0.39 is 0 Å². The molecule has 3 aliphatic rings. The van der Waals surface area contributed by atoms with Crippen molar-refractivity contribution in [3.05, 3.63) is 35.4 Å². The van der Waals surface area contributed by atoms with Crippen molar-refractivity contribution in [1.29, 1.82) is 0 Å². The molecule has 0 bridgehead atoms. The fourth-order valence-electron chi connectivity index (χ4n) is 4.64. The molecule has 124 valence electrons. The molecule has 1 spiro atoms. The Balaban J connectivity index is 1.29. The predicted octanol–water partition coefficient (Wildman–Crippen LogP) is 2.30. The van der Waals surface area contributed by atoms with E-state index in [2.05, 4.69) is 29.6 Å².